The summed E-state index contributed by atoms with van der Waals surface area (Å²) in [4.78, 5) is 2.60. The van der Waals surface area contributed by atoms with Crippen LogP contribution in [0, 0.1) is 0 Å². The Labute approximate surface area is 173 Å². The van der Waals surface area contributed by atoms with Gasteiger partial charge in [0.15, 0.2) is 0 Å². The smallest absolute Gasteiger partial charge is 0.00668 e. The van der Waals surface area contributed by atoms with E-state index in [1.165, 1.54) is 122 Å². The summed E-state index contributed by atoms with van der Waals surface area (Å²) >= 11 is 0. The predicted molar refractivity (Wildman–Crippen MR) is 125 cm³/mol. The van der Waals surface area contributed by atoms with Crippen molar-refractivity contribution in [3.8, 4) is 0 Å². The molecule has 0 aliphatic carbocycles. The fourth-order valence-electron chi connectivity index (χ4n) is 4.15. The molecular weight excluding hydrogens is 328 g/mol. The molecule has 0 heterocycles. The summed E-state index contributed by atoms with van der Waals surface area (Å²) in [5, 5.41) is 0. The highest BCUT2D eigenvalue weighted by Crippen LogP contribution is 2.15. The zero-order valence-corrected chi connectivity index (χ0v) is 19.5. The topological polar surface area (TPSA) is 29.3 Å². The van der Waals surface area contributed by atoms with Crippen LogP contribution in [-0.2, 0) is 0 Å². The Morgan fingerprint density at radius 3 is 1.37 bits per heavy atom. The number of hydrogen-bond acceptors (Lipinski definition) is 2. The lowest BCUT2D eigenvalue weighted by Crippen LogP contribution is -2.34. The average Bonchev–Trinajstić information content (AvgIpc) is 2.68. The van der Waals surface area contributed by atoms with Crippen molar-refractivity contribution in [2.45, 2.75) is 142 Å². The molecule has 2 N–H and O–H groups in total. The third-order valence-corrected chi connectivity index (χ3v) is 6.15. The minimum Gasteiger partial charge on any atom is -0.330 e. The van der Waals surface area contributed by atoms with Gasteiger partial charge in [-0.3, -0.25) is 0 Å². The Kier molecular flexibility index (Phi) is 22.1. The first-order valence-electron chi connectivity index (χ1n) is 12.7. The Morgan fingerprint density at radius 1 is 0.593 bits per heavy atom. The van der Waals surface area contributed by atoms with Gasteiger partial charge in [-0.25, -0.2) is 0 Å². The lowest BCUT2D eigenvalue weighted by atomic mass is 10.0. The van der Waals surface area contributed by atoms with Gasteiger partial charge in [-0.2, -0.15) is 0 Å². The van der Waals surface area contributed by atoms with Gasteiger partial charge in [0.1, 0.15) is 0 Å². The van der Waals surface area contributed by atoms with Gasteiger partial charge in [0, 0.05) is 6.04 Å². The molecule has 0 aromatic carbocycles. The molecule has 0 amide bonds. The summed E-state index contributed by atoms with van der Waals surface area (Å²) in [6, 6.07) is 0.730. The van der Waals surface area contributed by atoms with E-state index < -0.39 is 0 Å². The summed E-state index contributed by atoms with van der Waals surface area (Å²) in [5.41, 5.74) is 5.65. The summed E-state index contributed by atoms with van der Waals surface area (Å²) in [7, 11) is 0. The zero-order chi connectivity index (χ0) is 20.0. The van der Waals surface area contributed by atoms with E-state index in [2.05, 4.69) is 25.7 Å². The number of unbranched alkanes of at least 4 members (excludes halogenated alkanes) is 15. The molecule has 0 spiro atoms. The van der Waals surface area contributed by atoms with Crippen molar-refractivity contribution in [3.05, 3.63) is 0 Å². The Hall–Kier alpha value is -0.0800. The maximum Gasteiger partial charge on any atom is 0.00668 e. The van der Waals surface area contributed by atoms with Gasteiger partial charge in [-0.1, -0.05) is 117 Å². The Bertz CT molecular complexity index is 267. The number of nitrogens with two attached hydrogens (primary N) is 1. The standard InChI is InChI=1S/C25H54N2/c1-4-6-7-8-9-10-11-12-13-14-15-16-17-18-19-20-22-25(3)27(5-2)24-21-23-26/h25H,4-24,26H2,1-3H3. The van der Waals surface area contributed by atoms with Gasteiger partial charge >= 0.3 is 0 Å². The Balaban J connectivity index is 3.24. The maximum absolute atomic E-state index is 5.65. The highest BCUT2D eigenvalue weighted by atomic mass is 15.1. The average molecular weight is 383 g/mol. The van der Waals surface area contributed by atoms with E-state index in [1.54, 1.807) is 0 Å². The molecule has 0 saturated carbocycles. The quantitative estimate of drug-likeness (QED) is 0.194. The molecular formula is C25H54N2. The highest BCUT2D eigenvalue weighted by Gasteiger charge is 2.10. The third kappa shape index (κ3) is 19.0. The fraction of sp³-hybridized carbons (Fsp3) is 1.00. The van der Waals surface area contributed by atoms with Crippen LogP contribution >= 0.6 is 0 Å². The molecule has 0 aliphatic heterocycles. The predicted octanol–water partition coefficient (Wildman–Crippen LogP) is 7.70. The minimum atomic E-state index is 0.730. The van der Waals surface area contributed by atoms with Gasteiger partial charge < -0.3 is 10.6 Å². The second kappa shape index (κ2) is 22.2. The summed E-state index contributed by atoms with van der Waals surface area (Å²) < 4.78 is 0. The molecule has 0 rings (SSSR count). The van der Waals surface area contributed by atoms with Gasteiger partial charge in [0.2, 0.25) is 0 Å². The third-order valence-electron chi connectivity index (χ3n) is 6.15. The van der Waals surface area contributed by atoms with Crippen LogP contribution in [0.1, 0.15) is 136 Å². The van der Waals surface area contributed by atoms with Crippen molar-refractivity contribution >= 4 is 0 Å². The van der Waals surface area contributed by atoms with Crippen molar-refractivity contribution in [1.29, 1.82) is 0 Å². The first-order chi connectivity index (χ1) is 13.3. The van der Waals surface area contributed by atoms with E-state index in [0.29, 0.717) is 0 Å². The lowest BCUT2D eigenvalue weighted by molar-refractivity contribution is 0.205. The van der Waals surface area contributed by atoms with Gasteiger partial charge in [-0.15, -0.1) is 0 Å². The van der Waals surface area contributed by atoms with Crippen LogP contribution in [0.25, 0.3) is 0 Å². The number of hydrogen-bond donors (Lipinski definition) is 1. The number of rotatable bonds is 22. The van der Waals surface area contributed by atoms with Crippen molar-refractivity contribution in [3.63, 3.8) is 0 Å². The largest absolute Gasteiger partial charge is 0.330 e. The van der Waals surface area contributed by atoms with Crippen LogP contribution in [0.5, 0.6) is 0 Å². The van der Waals surface area contributed by atoms with Crippen LogP contribution in [0.4, 0.5) is 0 Å². The van der Waals surface area contributed by atoms with Crippen molar-refractivity contribution in [1.82, 2.24) is 4.90 Å². The Morgan fingerprint density at radius 2 is 1.00 bits per heavy atom. The summed E-state index contributed by atoms with van der Waals surface area (Å²) in [6.45, 7) is 10.1. The van der Waals surface area contributed by atoms with E-state index in [0.717, 1.165) is 19.0 Å². The molecule has 1 atom stereocenters. The molecule has 0 aromatic heterocycles. The van der Waals surface area contributed by atoms with Crippen LogP contribution < -0.4 is 5.73 Å². The first-order valence-corrected chi connectivity index (χ1v) is 12.7. The normalized spacial score (nSPS) is 12.8. The van der Waals surface area contributed by atoms with Gasteiger partial charge in [-0.05, 0) is 39.4 Å². The van der Waals surface area contributed by atoms with Crippen LogP contribution in [-0.4, -0.2) is 30.6 Å². The summed E-state index contributed by atoms with van der Waals surface area (Å²) in [5.74, 6) is 0. The lowest BCUT2D eigenvalue weighted by Gasteiger charge is -2.27. The second-order valence-corrected chi connectivity index (χ2v) is 8.71. The van der Waals surface area contributed by atoms with E-state index in [4.69, 9.17) is 5.73 Å². The maximum atomic E-state index is 5.65. The molecule has 0 aliphatic rings. The van der Waals surface area contributed by atoms with Crippen molar-refractivity contribution < 1.29 is 0 Å². The van der Waals surface area contributed by atoms with Crippen LogP contribution in [0.3, 0.4) is 0 Å². The fourth-order valence-corrected chi connectivity index (χ4v) is 4.15. The monoisotopic (exact) mass is 382 g/mol. The SMILES string of the molecule is CCCCCCCCCCCCCCCCCCC(C)N(CC)CCCN. The van der Waals surface area contributed by atoms with Crippen molar-refractivity contribution in [2.75, 3.05) is 19.6 Å². The van der Waals surface area contributed by atoms with Crippen LogP contribution in [0.15, 0.2) is 0 Å². The van der Waals surface area contributed by atoms with Gasteiger partial charge in [0.05, 0.1) is 0 Å². The molecule has 0 radical (unpaired) electrons. The minimum absolute atomic E-state index is 0.730. The number of nitrogens with zero attached hydrogens (tertiary/aromatic N) is 1. The summed E-state index contributed by atoms with van der Waals surface area (Å²) in [6.07, 6.45) is 25.7. The molecule has 0 bridgehead atoms. The molecule has 0 saturated heterocycles. The molecule has 27 heavy (non-hydrogen) atoms. The molecule has 0 fully saturated rings. The first kappa shape index (κ1) is 26.9. The highest BCUT2D eigenvalue weighted by molar-refractivity contribution is 4.66. The zero-order valence-electron chi connectivity index (χ0n) is 19.5. The molecule has 1 unspecified atom stereocenters. The van der Waals surface area contributed by atoms with Gasteiger partial charge in [0.25, 0.3) is 0 Å². The van der Waals surface area contributed by atoms with E-state index >= 15 is 0 Å². The molecule has 0 aromatic rings. The van der Waals surface area contributed by atoms with E-state index in [1.807, 2.05) is 0 Å². The van der Waals surface area contributed by atoms with Crippen molar-refractivity contribution in [2.24, 2.45) is 5.73 Å². The van der Waals surface area contributed by atoms with E-state index in [-0.39, 0.29) is 0 Å². The molecule has 2 nitrogen and oxygen atoms in total. The molecule has 2 heteroatoms. The van der Waals surface area contributed by atoms with Crippen LogP contribution in [0.2, 0.25) is 0 Å². The second-order valence-electron chi connectivity index (χ2n) is 8.71. The van der Waals surface area contributed by atoms with E-state index in [9.17, 15) is 0 Å². The molecule has 164 valence electrons.